The average molecular weight is 374 g/mol. The van der Waals surface area contributed by atoms with Crippen LogP contribution >= 0.6 is 0 Å². The molecule has 0 bridgehead atoms. The third-order valence-electron chi connectivity index (χ3n) is 4.65. The van der Waals surface area contributed by atoms with Crippen LogP contribution < -0.4 is 10.2 Å². The van der Waals surface area contributed by atoms with Crippen molar-refractivity contribution in [3.8, 4) is 0 Å². The molecule has 0 heterocycles. The summed E-state index contributed by atoms with van der Waals surface area (Å²) in [6.45, 7) is 11.4. The maximum Gasteiger partial charge on any atom is 0.228 e. The van der Waals surface area contributed by atoms with Crippen molar-refractivity contribution in [1.29, 1.82) is 0 Å². The summed E-state index contributed by atoms with van der Waals surface area (Å²) in [4.78, 5) is 29.1. The van der Waals surface area contributed by atoms with Crippen molar-refractivity contribution in [2.75, 3.05) is 30.9 Å². The molecule has 1 fully saturated rings. The molecular weight excluding hydrogens is 338 g/mol. The minimum absolute atomic E-state index is 0.100. The summed E-state index contributed by atoms with van der Waals surface area (Å²) in [5, 5.41) is 3.02. The van der Waals surface area contributed by atoms with E-state index >= 15 is 0 Å². The first-order valence-corrected chi connectivity index (χ1v) is 9.89. The standard InChI is InChI=1S/C22H35N3O2/c1-15(2)13-25(21(27)22(3,4)5)14-17-12-18(10-11-19(17)24(6)7)23-20(26)16-8-9-16/h10-12,15-16H,8-9,13-14H2,1-7H3,(H,23,26). The van der Waals surface area contributed by atoms with Gasteiger partial charge in [-0.05, 0) is 42.5 Å². The number of nitrogens with one attached hydrogen (secondary N) is 1. The van der Waals surface area contributed by atoms with Crippen LogP contribution in [0, 0.1) is 17.3 Å². The molecule has 0 atom stereocenters. The lowest BCUT2D eigenvalue weighted by atomic mass is 9.93. The van der Waals surface area contributed by atoms with Gasteiger partial charge in [-0.1, -0.05) is 34.6 Å². The van der Waals surface area contributed by atoms with Crippen molar-refractivity contribution in [3.63, 3.8) is 0 Å². The maximum absolute atomic E-state index is 13.0. The quantitative estimate of drug-likeness (QED) is 0.782. The van der Waals surface area contributed by atoms with Crippen molar-refractivity contribution in [2.45, 2.75) is 54.0 Å². The van der Waals surface area contributed by atoms with E-state index in [1.165, 1.54) is 0 Å². The predicted octanol–water partition coefficient (Wildman–Crippen LogP) is 4.13. The van der Waals surface area contributed by atoms with Gasteiger partial charge < -0.3 is 15.1 Å². The van der Waals surface area contributed by atoms with Gasteiger partial charge in [0, 0.05) is 49.9 Å². The third-order valence-corrected chi connectivity index (χ3v) is 4.65. The Morgan fingerprint density at radius 2 is 1.81 bits per heavy atom. The zero-order valence-corrected chi connectivity index (χ0v) is 17.9. The summed E-state index contributed by atoms with van der Waals surface area (Å²) in [5.74, 6) is 0.801. The van der Waals surface area contributed by atoms with E-state index in [-0.39, 0.29) is 17.7 Å². The fourth-order valence-electron chi connectivity index (χ4n) is 3.16. The number of carbonyl (C=O) groups excluding carboxylic acids is 2. The van der Waals surface area contributed by atoms with E-state index in [1.54, 1.807) is 0 Å². The monoisotopic (exact) mass is 373 g/mol. The highest BCUT2D eigenvalue weighted by molar-refractivity contribution is 5.94. The zero-order valence-electron chi connectivity index (χ0n) is 17.9. The molecule has 5 heteroatoms. The average Bonchev–Trinajstić information content (AvgIpc) is 3.37. The minimum atomic E-state index is -0.426. The van der Waals surface area contributed by atoms with E-state index < -0.39 is 5.41 Å². The Hall–Kier alpha value is -2.04. The molecule has 0 radical (unpaired) electrons. The van der Waals surface area contributed by atoms with E-state index in [0.29, 0.717) is 19.0 Å². The number of anilines is 2. The normalized spacial score (nSPS) is 14.2. The molecule has 27 heavy (non-hydrogen) atoms. The molecule has 1 aliphatic carbocycles. The molecule has 0 spiro atoms. The van der Waals surface area contributed by atoms with Gasteiger partial charge in [-0.15, -0.1) is 0 Å². The molecule has 2 amide bonds. The van der Waals surface area contributed by atoms with Gasteiger partial charge in [0.25, 0.3) is 0 Å². The molecule has 0 aliphatic heterocycles. The number of nitrogens with zero attached hydrogens (tertiary/aromatic N) is 2. The second-order valence-corrected chi connectivity index (χ2v) is 9.33. The van der Waals surface area contributed by atoms with Gasteiger partial charge in [0.2, 0.25) is 11.8 Å². The van der Waals surface area contributed by atoms with E-state index in [2.05, 4.69) is 24.1 Å². The molecular formula is C22H35N3O2. The Balaban J connectivity index is 2.30. The molecule has 0 unspecified atom stereocenters. The van der Waals surface area contributed by atoms with E-state index in [4.69, 9.17) is 0 Å². The first-order valence-electron chi connectivity index (χ1n) is 9.89. The second kappa shape index (κ2) is 8.32. The van der Waals surface area contributed by atoms with Crippen molar-refractivity contribution in [1.82, 2.24) is 4.90 Å². The summed E-state index contributed by atoms with van der Waals surface area (Å²) < 4.78 is 0. The van der Waals surface area contributed by atoms with Crippen molar-refractivity contribution >= 4 is 23.2 Å². The zero-order chi connectivity index (χ0) is 20.4. The molecule has 150 valence electrons. The van der Waals surface area contributed by atoms with Gasteiger partial charge in [-0.3, -0.25) is 9.59 Å². The van der Waals surface area contributed by atoms with E-state index in [9.17, 15) is 9.59 Å². The number of benzene rings is 1. The molecule has 5 nitrogen and oxygen atoms in total. The van der Waals surface area contributed by atoms with E-state index in [1.807, 2.05) is 58.0 Å². The molecule has 1 aromatic rings. The van der Waals surface area contributed by atoms with Crippen LogP contribution in [0.2, 0.25) is 0 Å². The van der Waals surface area contributed by atoms with Crippen molar-refractivity contribution in [3.05, 3.63) is 23.8 Å². The molecule has 1 saturated carbocycles. The number of hydrogen-bond donors (Lipinski definition) is 1. The summed E-state index contributed by atoms with van der Waals surface area (Å²) >= 11 is 0. The van der Waals surface area contributed by atoms with Crippen LogP contribution in [0.1, 0.15) is 53.0 Å². The second-order valence-electron chi connectivity index (χ2n) is 9.33. The number of amides is 2. The highest BCUT2D eigenvalue weighted by Gasteiger charge is 2.30. The lowest BCUT2D eigenvalue weighted by Crippen LogP contribution is -2.41. The largest absolute Gasteiger partial charge is 0.377 e. The predicted molar refractivity (Wildman–Crippen MR) is 112 cm³/mol. The van der Waals surface area contributed by atoms with Gasteiger partial charge in [0.15, 0.2) is 0 Å². The van der Waals surface area contributed by atoms with Crippen LogP contribution in [-0.2, 0) is 16.1 Å². The van der Waals surface area contributed by atoms with Gasteiger partial charge >= 0.3 is 0 Å². The maximum atomic E-state index is 13.0. The molecule has 1 aromatic carbocycles. The lowest BCUT2D eigenvalue weighted by molar-refractivity contribution is -0.140. The first kappa shape index (κ1) is 21.3. The summed E-state index contributed by atoms with van der Waals surface area (Å²) in [7, 11) is 4.00. The molecule has 0 aromatic heterocycles. The highest BCUT2D eigenvalue weighted by atomic mass is 16.2. The Labute approximate surface area is 164 Å². The Morgan fingerprint density at radius 3 is 2.30 bits per heavy atom. The Bertz CT molecular complexity index is 685. The fraction of sp³-hybridized carbons (Fsp3) is 0.636. The van der Waals surface area contributed by atoms with Crippen LogP contribution in [0.3, 0.4) is 0 Å². The molecule has 1 N–H and O–H groups in total. The van der Waals surface area contributed by atoms with Gasteiger partial charge in [0.1, 0.15) is 0 Å². The van der Waals surface area contributed by atoms with Crippen LogP contribution in [0.4, 0.5) is 11.4 Å². The van der Waals surface area contributed by atoms with Crippen LogP contribution in [-0.4, -0.2) is 37.4 Å². The van der Waals surface area contributed by atoms with Crippen LogP contribution in [0.15, 0.2) is 18.2 Å². The smallest absolute Gasteiger partial charge is 0.228 e. The fourth-order valence-corrected chi connectivity index (χ4v) is 3.16. The summed E-state index contributed by atoms with van der Waals surface area (Å²) in [6, 6.07) is 5.98. The molecule has 0 saturated heterocycles. The topological polar surface area (TPSA) is 52.7 Å². The third kappa shape index (κ3) is 5.98. The van der Waals surface area contributed by atoms with Gasteiger partial charge in [-0.25, -0.2) is 0 Å². The SMILES string of the molecule is CC(C)CN(Cc1cc(NC(=O)C2CC2)ccc1N(C)C)C(=O)C(C)(C)C. The number of hydrogen-bond acceptors (Lipinski definition) is 3. The number of carbonyl (C=O) groups is 2. The lowest BCUT2D eigenvalue weighted by Gasteiger charge is -2.32. The van der Waals surface area contributed by atoms with Gasteiger partial charge in [-0.2, -0.15) is 0 Å². The van der Waals surface area contributed by atoms with E-state index in [0.717, 1.165) is 29.8 Å². The summed E-state index contributed by atoms with van der Waals surface area (Å²) in [5.41, 5.74) is 2.49. The number of rotatable bonds is 7. The van der Waals surface area contributed by atoms with Crippen LogP contribution in [0.5, 0.6) is 0 Å². The first-order chi connectivity index (χ1) is 12.5. The van der Waals surface area contributed by atoms with Gasteiger partial charge in [0.05, 0.1) is 0 Å². The molecule has 2 rings (SSSR count). The minimum Gasteiger partial charge on any atom is -0.377 e. The van der Waals surface area contributed by atoms with Crippen molar-refractivity contribution < 1.29 is 9.59 Å². The molecule has 1 aliphatic rings. The summed E-state index contributed by atoms with van der Waals surface area (Å²) in [6.07, 6.45) is 1.97. The Kier molecular flexibility index (Phi) is 6.55. The van der Waals surface area contributed by atoms with Crippen molar-refractivity contribution in [2.24, 2.45) is 17.3 Å². The Morgan fingerprint density at radius 1 is 1.19 bits per heavy atom. The van der Waals surface area contributed by atoms with Crippen LogP contribution in [0.25, 0.3) is 0 Å². The highest BCUT2D eigenvalue weighted by Crippen LogP contribution is 2.31.